The summed E-state index contributed by atoms with van der Waals surface area (Å²) in [6, 6.07) is 0.303. The van der Waals surface area contributed by atoms with Crippen LogP contribution in [0.4, 0.5) is 0 Å². The summed E-state index contributed by atoms with van der Waals surface area (Å²) in [5, 5.41) is 8.38. The van der Waals surface area contributed by atoms with Gasteiger partial charge in [-0.3, -0.25) is 4.68 Å². The van der Waals surface area contributed by atoms with Crippen molar-refractivity contribution in [1.82, 2.24) is 15.1 Å². The molecule has 0 saturated carbocycles. The van der Waals surface area contributed by atoms with Crippen molar-refractivity contribution < 1.29 is 0 Å². The molecule has 0 aliphatic rings. The molecule has 0 fully saturated rings. The van der Waals surface area contributed by atoms with Gasteiger partial charge in [0.2, 0.25) is 0 Å². The van der Waals surface area contributed by atoms with Crippen molar-refractivity contribution in [3.63, 3.8) is 0 Å². The van der Waals surface area contributed by atoms with E-state index in [9.17, 15) is 0 Å². The molecule has 1 aromatic heterocycles. The van der Waals surface area contributed by atoms with Crippen molar-refractivity contribution in [3.8, 4) is 0 Å². The molecule has 92 valence electrons. The minimum absolute atomic E-state index is 0.303. The fraction of sp³-hybridized carbons (Fsp3) is 0.727. The van der Waals surface area contributed by atoms with Gasteiger partial charge in [-0.05, 0) is 12.8 Å². The first-order valence-corrected chi connectivity index (χ1v) is 6.36. The number of nitrogens with one attached hydrogen (secondary N) is 1. The SMILES string of the molecule is Cc1nn(C)c(Cl)c1CNC(CCl)C(C)C. The first kappa shape index (κ1) is 13.8. The molecule has 1 aromatic rings. The van der Waals surface area contributed by atoms with Crippen LogP contribution in [0.1, 0.15) is 25.1 Å². The Bertz CT molecular complexity index is 347. The number of rotatable bonds is 5. The Hall–Kier alpha value is -0.250. The van der Waals surface area contributed by atoms with E-state index in [1.165, 1.54) is 0 Å². The monoisotopic (exact) mass is 263 g/mol. The van der Waals surface area contributed by atoms with E-state index in [1.54, 1.807) is 4.68 Å². The zero-order valence-corrected chi connectivity index (χ0v) is 11.7. The van der Waals surface area contributed by atoms with Crippen LogP contribution in [0.3, 0.4) is 0 Å². The predicted molar refractivity (Wildman–Crippen MR) is 69.1 cm³/mol. The number of aryl methyl sites for hydroxylation is 2. The number of hydrogen-bond acceptors (Lipinski definition) is 2. The molecule has 0 aromatic carbocycles. The fourth-order valence-electron chi connectivity index (χ4n) is 1.58. The number of halogens is 2. The molecule has 1 N–H and O–H groups in total. The van der Waals surface area contributed by atoms with Gasteiger partial charge < -0.3 is 5.32 Å². The van der Waals surface area contributed by atoms with Gasteiger partial charge in [0.15, 0.2) is 0 Å². The summed E-state index contributed by atoms with van der Waals surface area (Å²) in [6.45, 7) is 6.98. The lowest BCUT2D eigenvalue weighted by molar-refractivity contribution is 0.430. The van der Waals surface area contributed by atoms with Gasteiger partial charge in [0.1, 0.15) is 5.15 Å². The molecular formula is C11H19Cl2N3. The summed E-state index contributed by atoms with van der Waals surface area (Å²) in [5.74, 6) is 1.11. The number of aromatic nitrogens is 2. The molecule has 0 saturated heterocycles. The van der Waals surface area contributed by atoms with Gasteiger partial charge in [-0.1, -0.05) is 25.4 Å². The molecule has 3 nitrogen and oxygen atoms in total. The van der Waals surface area contributed by atoms with Crippen LogP contribution < -0.4 is 5.32 Å². The topological polar surface area (TPSA) is 29.9 Å². The first-order chi connectivity index (χ1) is 7.47. The predicted octanol–water partition coefficient (Wildman–Crippen LogP) is 2.73. The minimum atomic E-state index is 0.303. The smallest absolute Gasteiger partial charge is 0.131 e. The molecule has 0 aliphatic carbocycles. The van der Waals surface area contributed by atoms with Gasteiger partial charge in [0, 0.05) is 31.1 Å². The van der Waals surface area contributed by atoms with Crippen LogP contribution in [-0.2, 0) is 13.6 Å². The summed E-state index contributed by atoms with van der Waals surface area (Å²) >= 11 is 12.0. The van der Waals surface area contributed by atoms with Crippen molar-refractivity contribution in [2.45, 2.75) is 33.4 Å². The summed E-state index contributed by atoms with van der Waals surface area (Å²) < 4.78 is 1.69. The second-order valence-corrected chi connectivity index (χ2v) is 5.03. The van der Waals surface area contributed by atoms with Gasteiger partial charge in [-0.2, -0.15) is 5.10 Å². The highest BCUT2D eigenvalue weighted by atomic mass is 35.5. The van der Waals surface area contributed by atoms with Crippen molar-refractivity contribution in [2.24, 2.45) is 13.0 Å². The highest BCUT2D eigenvalue weighted by molar-refractivity contribution is 6.30. The lowest BCUT2D eigenvalue weighted by Gasteiger charge is -2.19. The van der Waals surface area contributed by atoms with Crippen LogP contribution >= 0.6 is 23.2 Å². The molecule has 1 unspecified atom stereocenters. The molecule has 0 aliphatic heterocycles. The highest BCUT2D eigenvalue weighted by Crippen LogP contribution is 2.18. The summed E-state index contributed by atoms with van der Waals surface area (Å²) in [4.78, 5) is 0. The largest absolute Gasteiger partial charge is 0.308 e. The van der Waals surface area contributed by atoms with Gasteiger partial charge in [0.05, 0.1) is 5.69 Å². The van der Waals surface area contributed by atoms with Gasteiger partial charge in [-0.15, -0.1) is 11.6 Å². The Morgan fingerprint density at radius 1 is 1.44 bits per heavy atom. The van der Waals surface area contributed by atoms with Crippen molar-refractivity contribution in [1.29, 1.82) is 0 Å². The van der Waals surface area contributed by atoms with E-state index in [0.717, 1.165) is 11.3 Å². The van der Waals surface area contributed by atoms with E-state index in [-0.39, 0.29) is 0 Å². The second-order valence-electron chi connectivity index (χ2n) is 4.36. The van der Waals surface area contributed by atoms with Crippen LogP contribution in [0.2, 0.25) is 5.15 Å². The maximum atomic E-state index is 6.15. The van der Waals surface area contributed by atoms with Gasteiger partial charge in [-0.25, -0.2) is 0 Å². The lowest BCUT2D eigenvalue weighted by Crippen LogP contribution is -2.35. The molecule has 1 atom stereocenters. The molecule has 1 heterocycles. The van der Waals surface area contributed by atoms with E-state index in [2.05, 4.69) is 24.3 Å². The van der Waals surface area contributed by atoms with Gasteiger partial charge >= 0.3 is 0 Å². The van der Waals surface area contributed by atoms with Crippen molar-refractivity contribution >= 4 is 23.2 Å². The fourth-order valence-corrected chi connectivity index (χ4v) is 2.28. The number of hydrogen-bond donors (Lipinski definition) is 1. The molecule has 0 radical (unpaired) electrons. The van der Waals surface area contributed by atoms with Crippen LogP contribution in [0.25, 0.3) is 0 Å². The Kier molecular flexibility index (Phi) is 5.09. The summed E-state index contributed by atoms with van der Waals surface area (Å²) in [7, 11) is 1.85. The van der Waals surface area contributed by atoms with Crippen LogP contribution in [0, 0.1) is 12.8 Å². The normalized spacial score (nSPS) is 13.4. The lowest BCUT2D eigenvalue weighted by atomic mass is 10.1. The summed E-state index contributed by atoms with van der Waals surface area (Å²) in [6.07, 6.45) is 0. The van der Waals surface area contributed by atoms with E-state index in [1.807, 2.05) is 14.0 Å². The Balaban J connectivity index is 2.67. The third kappa shape index (κ3) is 3.12. The number of alkyl halides is 1. The first-order valence-electron chi connectivity index (χ1n) is 5.44. The molecule has 0 amide bonds. The molecule has 0 bridgehead atoms. The third-order valence-corrected chi connectivity index (χ3v) is 3.59. The van der Waals surface area contributed by atoms with Crippen molar-refractivity contribution in [3.05, 3.63) is 16.4 Å². The molecule has 5 heteroatoms. The van der Waals surface area contributed by atoms with Crippen LogP contribution in [0.5, 0.6) is 0 Å². The quantitative estimate of drug-likeness (QED) is 0.829. The van der Waals surface area contributed by atoms with Crippen LogP contribution in [0.15, 0.2) is 0 Å². The van der Waals surface area contributed by atoms with Gasteiger partial charge in [0.25, 0.3) is 0 Å². The highest BCUT2D eigenvalue weighted by Gasteiger charge is 2.15. The second kappa shape index (κ2) is 5.89. The van der Waals surface area contributed by atoms with E-state index in [0.29, 0.717) is 29.5 Å². The minimum Gasteiger partial charge on any atom is -0.308 e. The number of nitrogens with zero attached hydrogens (tertiary/aromatic N) is 2. The zero-order valence-electron chi connectivity index (χ0n) is 10.2. The Labute approximate surface area is 107 Å². The van der Waals surface area contributed by atoms with Crippen LogP contribution in [-0.4, -0.2) is 21.7 Å². The van der Waals surface area contributed by atoms with E-state index in [4.69, 9.17) is 23.2 Å². The van der Waals surface area contributed by atoms with Crippen molar-refractivity contribution in [2.75, 3.05) is 5.88 Å². The maximum Gasteiger partial charge on any atom is 0.131 e. The molecule has 16 heavy (non-hydrogen) atoms. The Morgan fingerprint density at radius 2 is 2.06 bits per heavy atom. The molecule has 1 rings (SSSR count). The molecule has 0 spiro atoms. The maximum absolute atomic E-state index is 6.15. The average Bonchev–Trinajstić information content (AvgIpc) is 2.44. The Morgan fingerprint density at radius 3 is 2.44 bits per heavy atom. The summed E-state index contributed by atoms with van der Waals surface area (Å²) in [5.41, 5.74) is 2.03. The third-order valence-electron chi connectivity index (χ3n) is 2.78. The van der Waals surface area contributed by atoms with E-state index < -0.39 is 0 Å². The molecular weight excluding hydrogens is 245 g/mol. The standard InChI is InChI=1S/C11H19Cl2N3/c1-7(2)10(5-12)14-6-9-8(3)15-16(4)11(9)13/h7,10,14H,5-6H2,1-4H3. The average molecular weight is 264 g/mol. The zero-order chi connectivity index (χ0) is 12.3. The van der Waals surface area contributed by atoms with E-state index >= 15 is 0 Å².